The van der Waals surface area contributed by atoms with E-state index in [4.69, 9.17) is 0 Å². The number of piperidine rings is 1. The molecule has 0 aromatic carbocycles. The molecule has 1 saturated heterocycles. The fraction of sp³-hybridized carbons (Fsp3) is 0.857. The Balaban J connectivity index is 0.00000400. The second kappa shape index (κ2) is 11.4. The number of thioether (sulfide) groups is 1. The minimum absolute atomic E-state index is 0. The number of amides is 1. The van der Waals surface area contributed by atoms with Gasteiger partial charge in [0.05, 0.1) is 0 Å². The summed E-state index contributed by atoms with van der Waals surface area (Å²) in [4.78, 5) is 18.1. The first kappa shape index (κ1) is 20.8. The van der Waals surface area contributed by atoms with Crippen LogP contribution in [0.5, 0.6) is 0 Å². The fourth-order valence-corrected chi connectivity index (χ4v) is 2.61. The minimum Gasteiger partial charge on any atom is -0.359 e. The van der Waals surface area contributed by atoms with E-state index in [1.807, 2.05) is 18.8 Å². The van der Waals surface area contributed by atoms with Crippen LogP contribution >= 0.6 is 35.7 Å². The van der Waals surface area contributed by atoms with Gasteiger partial charge in [-0.05, 0) is 25.0 Å². The zero-order valence-corrected chi connectivity index (χ0v) is 16.7. The third-order valence-corrected chi connectivity index (χ3v) is 4.80. The van der Waals surface area contributed by atoms with Crippen LogP contribution in [-0.4, -0.2) is 62.0 Å². The van der Waals surface area contributed by atoms with Crippen LogP contribution in [0.2, 0.25) is 0 Å². The summed E-state index contributed by atoms with van der Waals surface area (Å²) in [6.07, 6.45) is 4.90. The van der Waals surface area contributed by atoms with Gasteiger partial charge >= 0.3 is 0 Å². The number of hydrogen-bond donors (Lipinski definition) is 2. The summed E-state index contributed by atoms with van der Waals surface area (Å²) < 4.78 is 0. The van der Waals surface area contributed by atoms with Crippen LogP contribution in [0.25, 0.3) is 0 Å². The molecule has 1 aliphatic heterocycles. The molecule has 2 N–H and O–H groups in total. The molecule has 1 rings (SSSR count). The lowest BCUT2D eigenvalue weighted by atomic mass is 9.93. The lowest BCUT2D eigenvalue weighted by Gasteiger charge is -2.34. The standard InChI is InChI=1S/C14H28N4OS.HI/c1-11(20-4)10-17-14(16-3)18-7-5-12(6-8-18)9-13(19)15-2;/h11-12H,5-10H2,1-4H3,(H,15,19)(H,16,17);1H. The molecule has 1 heterocycles. The molecular formula is C14H29IN4OS. The summed E-state index contributed by atoms with van der Waals surface area (Å²) in [5, 5.41) is 6.72. The number of carbonyl (C=O) groups is 1. The molecule has 1 aliphatic rings. The monoisotopic (exact) mass is 428 g/mol. The van der Waals surface area contributed by atoms with Crippen LogP contribution in [-0.2, 0) is 4.79 Å². The number of guanidine groups is 1. The Morgan fingerprint density at radius 2 is 2.05 bits per heavy atom. The first-order valence-corrected chi connectivity index (χ1v) is 8.58. The number of nitrogens with zero attached hydrogens (tertiary/aromatic N) is 2. The highest BCUT2D eigenvalue weighted by Crippen LogP contribution is 2.20. The molecule has 1 unspecified atom stereocenters. The normalized spacial score (nSPS) is 17.9. The SMILES string of the molecule is CN=C(NCC(C)SC)N1CCC(CC(=O)NC)CC1.I. The van der Waals surface area contributed by atoms with Gasteiger partial charge in [-0.2, -0.15) is 11.8 Å². The van der Waals surface area contributed by atoms with Gasteiger partial charge in [-0.25, -0.2) is 0 Å². The van der Waals surface area contributed by atoms with Gasteiger partial charge in [0.2, 0.25) is 5.91 Å². The van der Waals surface area contributed by atoms with E-state index < -0.39 is 0 Å². The number of rotatable bonds is 5. The maximum atomic E-state index is 11.4. The fourth-order valence-electron chi connectivity index (χ4n) is 2.36. The molecule has 1 fully saturated rings. The first-order valence-electron chi connectivity index (χ1n) is 7.29. The van der Waals surface area contributed by atoms with Crippen molar-refractivity contribution in [2.24, 2.45) is 10.9 Å². The highest BCUT2D eigenvalue weighted by atomic mass is 127. The maximum absolute atomic E-state index is 11.4. The Kier molecular flexibility index (Phi) is 11.3. The van der Waals surface area contributed by atoms with Crippen LogP contribution < -0.4 is 10.6 Å². The average Bonchev–Trinajstić information content (AvgIpc) is 2.48. The van der Waals surface area contributed by atoms with Gasteiger partial charge in [-0.1, -0.05) is 6.92 Å². The molecule has 0 aliphatic carbocycles. The Morgan fingerprint density at radius 3 is 2.52 bits per heavy atom. The molecule has 124 valence electrons. The van der Waals surface area contributed by atoms with Crippen LogP contribution in [0.1, 0.15) is 26.2 Å². The molecular weight excluding hydrogens is 399 g/mol. The van der Waals surface area contributed by atoms with Crippen LogP contribution in [0, 0.1) is 5.92 Å². The zero-order chi connectivity index (χ0) is 15.0. The summed E-state index contributed by atoms with van der Waals surface area (Å²) >= 11 is 1.85. The Bertz CT molecular complexity index is 333. The van der Waals surface area contributed by atoms with E-state index in [9.17, 15) is 4.79 Å². The lowest BCUT2D eigenvalue weighted by Crippen LogP contribution is -2.47. The van der Waals surface area contributed by atoms with Gasteiger partial charge in [-0.3, -0.25) is 9.79 Å². The lowest BCUT2D eigenvalue weighted by molar-refractivity contribution is -0.121. The number of aliphatic imine (C=N–C) groups is 1. The molecule has 1 amide bonds. The molecule has 0 bridgehead atoms. The summed E-state index contributed by atoms with van der Waals surface area (Å²) in [6.45, 7) is 5.11. The second-order valence-electron chi connectivity index (χ2n) is 5.28. The average molecular weight is 428 g/mol. The van der Waals surface area contributed by atoms with E-state index in [2.05, 4.69) is 33.7 Å². The first-order chi connectivity index (χ1) is 9.60. The van der Waals surface area contributed by atoms with Crippen molar-refractivity contribution in [1.29, 1.82) is 0 Å². The Hall–Kier alpha value is -0.180. The second-order valence-corrected chi connectivity index (χ2v) is 6.56. The number of carbonyl (C=O) groups excluding carboxylic acids is 1. The highest BCUT2D eigenvalue weighted by molar-refractivity contribution is 14.0. The van der Waals surface area contributed by atoms with Gasteiger partial charge in [0.25, 0.3) is 0 Å². The van der Waals surface area contributed by atoms with Crippen molar-refractivity contribution in [3.8, 4) is 0 Å². The van der Waals surface area contributed by atoms with Crippen LogP contribution in [0.3, 0.4) is 0 Å². The Labute approximate surface area is 150 Å². The quantitative estimate of drug-likeness (QED) is 0.398. The van der Waals surface area contributed by atoms with Crippen molar-refractivity contribution < 1.29 is 4.79 Å². The molecule has 7 heteroatoms. The molecule has 5 nitrogen and oxygen atoms in total. The molecule has 0 aromatic heterocycles. The molecule has 1 atom stereocenters. The van der Waals surface area contributed by atoms with Gasteiger partial charge in [0.15, 0.2) is 5.96 Å². The summed E-state index contributed by atoms with van der Waals surface area (Å²) in [7, 11) is 3.54. The minimum atomic E-state index is 0. The smallest absolute Gasteiger partial charge is 0.220 e. The highest BCUT2D eigenvalue weighted by Gasteiger charge is 2.23. The number of nitrogens with one attached hydrogen (secondary N) is 2. The zero-order valence-electron chi connectivity index (χ0n) is 13.5. The molecule has 0 aromatic rings. The molecule has 0 saturated carbocycles. The van der Waals surface area contributed by atoms with Crippen LogP contribution in [0.4, 0.5) is 0 Å². The summed E-state index contributed by atoms with van der Waals surface area (Å²) in [5.41, 5.74) is 0. The predicted molar refractivity (Wildman–Crippen MR) is 103 cm³/mol. The van der Waals surface area contributed by atoms with Gasteiger partial charge in [0.1, 0.15) is 0 Å². The Morgan fingerprint density at radius 1 is 1.43 bits per heavy atom. The number of likely N-dealkylation sites (tertiary alicyclic amines) is 1. The van der Waals surface area contributed by atoms with Gasteiger partial charge in [0, 0.05) is 45.4 Å². The molecule has 0 spiro atoms. The summed E-state index contributed by atoms with van der Waals surface area (Å²) in [5.74, 6) is 1.65. The topological polar surface area (TPSA) is 56.7 Å². The van der Waals surface area contributed by atoms with Crippen LogP contribution in [0.15, 0.2) is 4.99 Å². The van der Waals surface area contributed by atoms with E-state index in [1.54, 1.807) is 7.05 Å². The molecule has 21 heavy (non-hydrogen) atoms. The third-order valence-electron chi connectivity index (χ3n) is 3.83. The van der Waals surface area contributed by atoms with Crippen molar-refractivity contribution in [3.63, 3.8) is 0 Å². The largest absolute Gasteiger partial charge is 0.359 e. The van der Waals surface area contributed by atoms with Gasteiger partial charge < -0.3 is 15.5 Å². The van der Waals surface area contributed by atoms with E-state index in [0.29, 0.717) is 17.6 Å². The van der Waals surface area contributed by atoms with Gasteiger partial charge in [-0.15, -0.1) is 24.0 Å². The maximum Gasteiger partial charge on any atom is 0.220 e. The van der Waals surface area contributed by atoms with E-state index in [1.165, 1.54) is 0 Å². The number of halogens is 1. The summed E-state index contributed by atoms with van der Waals surface area (Å²) in [6, 6.07) is 0. The van der Waals surface area contributed by atoms with E-state index in [-0.39, 0.29) is 29.9 Å². The van der Waals surface area contributed by atoms with E-state index in [0.717, 1.165) is 38.4 Å². The number of hydrogen-bond acceptors (Lipinski definition) is 3. The van der Waals surface area contributed by atoms with Crippen molar-refractivity contribution in [2.45, 2.75) is 31.4 Å². The van der Waals surface area contributed by atoms with Crippen molar-refractivity contribution >= 4 is 47.6 Å². The third kappa shape index (κ3) is 7.58. The van der Waals surface area contributed by atoms with E-state index >= 15 is 0 Å². The van der Waals surface area contributed by atoms with Crippen molar-refractivity contribution in [2.75, 3.05) is 40.0 Å². The van der Waals surface area contributed by atoms with Crippen molar-refractivity contribution in [1.82, 2.24) is 15.5 Å². The molecule has 0 radical (unpaired) electrons. The van der Waals surface area contributed by atoms with Crippen molar-refractivity contribution in [3.05, 3.63) is 0 Å². The predicted octanol–water partition coefficient (Wildman–Crippen LogP) is 1.78.